The summed E-state index contributed by atoms with van der Waals surface area (Å²) >= 11 is 0. The van der Waals surface area contributed by atoms with Crippen LogP contribution >= 0.6 is 0 Å². The van der Waals surface area contributed by atoms with Gasteiger partial charge in [0, 0.05) is 25.0 Å². The van der Waals surface area contributed by atoms with Gasteiger partial charge in [0.15, 0.2) is 0 Å². The molecular formula is C13H17N3. The molecule has 1 heterocycles. The molecule has 2 N–H and O–H groups in total. The second kappa shape index (κ2) is 4.49. The molecule has 84 valence electrons. The van der Waals surface area contributed by atoms with E-state index in [1.54, 1.807) is 6.20 Å². The average molecular weight is 215 g/mol. The van der Waals surface area contributed by atoms with E-state index < -0.39 is 0 Å². The molecule has 0 amide bonds. The number of nitrogens with two attached hydrogens (primary N) is 1. The standard InChI is InChI=1S/C13H17N3/c1-10-4-3-5-12(8-10)13(14)9-16-7-6-15-11(16)2/h3-8,13H,9,14H2,1-2H3. The first-order valence-corrected chi connectivity index (χ1v) is 5.46. The molecule has 0 spiro atoms. The van der Waals surface area contributed by atoms with E-state index in [0.29, 0.717) is 0 Å². The van der Waals surface area contributed by atoms with Crippen molar-refractivity contribution >= 4 is 0 Å². The van der Waals surface area contributed by atoms with Crippen LogP contribution in [0.5, 0.6) is 0 Å². The Balaban J connectivity index is 2.14. The molecule has 1 aromatic heterocycles. The Labute approximate surface area is 95.9 Å². The number of aromatic nitrogens is 2. The molecular weight excluding hydrogens is 198 g/mol. The van der Waals surface area contributed by atoms with Crippen molar-refractivity contribution in [2.24, 2.45) is 5.73 Å². The summed E-state index contributed by atoms with van der Waals surface area (Å²) in [6, 6.07) is 8.36. The van der Waals surface area contributed by atoms with Gasteiger partial charge in [-0.2, -0.15) is 0 Å². The molecule has 0 bridgehead atoms. The Bertz CT molecular complexity index is 474. The Morgan fingerprint density at radius 3 is 2.81 bits per heavy atom. The Hall–Kier alpha value is -1.61. The summed E-state index contributed by atoms with van der Waals surface area (Å²) in [6.45, 7) is 4.84. The number of hydrogen-bond acceptors (Lipinski definition) is 2. The molecule has 2 aromatic rings. The lowest BCUT2D eigenvalue weighted by molar-refractivity contribution is 0.564. The molecule has 1 aromatic carbocycles. The maximum Gasteiger partial charge on any atom is 0.105 e. The minimum absolute atomic E-state index is 0.0211. The summed E-state index contributed by atoms with van der Waals surface area (Å²) in [5.41, 5.74) is 8.60. The number of hydrogen-bond donors (Lipinski definition) is 1. The van der Waals surface area contributed by atoms with E-state index >= 15 is 0 Å². The van der Waals surface area contributed by atoms with Crippen molar-refractivity contribution < 1.29 is 0 Å². The van der Waals surface area contributed by atoms with Crippen molar-refractivity contribution in [1.29, 1.82) is 0 Å². The number of aryl methyl sites for hydroxylation is 2. The van der Waals surface area contributed by atoms with Gasteiger partial charge in [-0.1, -0.05) is 29.8 Å². The summed E-state index contributed by atoms with van der Waals surface area (Å²) in [4.78, 5) is 4.19. The molecule has 0 saturated heterocycles. The summed E-state index contributed by atoms with van der Waals surface area (Å²) in [6.07, 6.45) is 3.77. The molecule has 0 aliphatic rings. The third kappa shape index (κ3) is 2.31. The Morgan fingerprint density at radius 1 is 1.38 bits per heavy atom. The Kier molecular flexibility index (Phi) is 3.06. The highest BCUT2D eigenvalue weighted by atomic mass is 15.1. The Morgan fingerprint density at radius 2 is 2.19 bits per heavy atom. The zero-order valence-electron chi connectivity index (χ0n) is 9.72. The van der Waals surface area contributed by atoms with E-state index in [1.165, 1.54) is 11.1 Å². The van der Waals surface area contributed by atoms with Gasteiger partial charge in [0.2, 0.25) is 0 Å². The van der Waals surface area contributed by atoms with Crippen molar-refractivity contribution in [2.45, 2.75) is 26.4 Å². The van der Waals surface area contributed by atoms with E-state index in [4.69, 9.17) is 5.73 Å². The van der Waals surface area contributed by atoms with Crippen molar-refractivity contribution in [3.05, 3.63) is 53.6 Å². The molecule has 0 fully saturated rings. The molecule has 1 atom stereocenters. The molecule has 3 nitrogen and oxygen atoms in total. The fourth-order valence-corrected chi connectivity index (χ4v) is 1.81. The fraction of sp³-hybridized carbons (Fsp3) is 0.308. The van der Waals surface area contributed by atoms with Gasteiger partial charge >= 0.3 is 0 Å². The molecule has 16 heavy (non-hydrogen) atoms. The van der Waals surface area contributed by atoms with Crippen LogP contribution in [0.2, 0.25) is 0 Å². The van der Waals surface area contributed by atoms with Crippen LogP contribution in [0, 0.1) is 13.8 Å². The van der Waals surface area contributed by atoms with Crippen LogP contribution in [-0.4, -0.2) is 9.55 Å². The van der Waals surface area contributed by atoms with Gasteiger partial charge in [0.05, 0.1) is 0 Å². The summed E-state index contributed by atoms with van der Waals surface area (Å²) in [5.74, 6) is 1.00. The van der Waals surface area contributed by atoms with E-state index in [1.807, 2.05) is 19.2 Å². The monoisotopic (exact) mass is 215 g/mol. The number of nitrogens with zero attached hydrogens (tertiary/aromatic N) is 2. The zero-order chi connectivity index (χ0) is 11.5. The van der Waals surface area contributed by atoms with Gasteiger partial charge in [-0.15, -0.1) is 0 Å². The quantitative estimate of drug-likeness (QED) is 0.853. The van der Waals surface area contributed by atoms with E-state index in [2.05, 4.69) is 34.7 Å². The van der Waals surface area contributed by atoms with Crippen LogP contribution in [0.15, 0.2) is 36.7 Å². The van der Waals surface area contributed by atoms with Gasteiger partial charge in [-0.05, 0) is 19.4 Å². The van der Waals surface area contributed by atoms with Crippen molar-refractivity contribution in [2.75, 3.05) is 0 Å². The lowest BCUT2D eigenvalue weighted by Crippen LogP contribution is -2.18. The smallest absolute Gasteiger partial charge is 0.105 e. The maximum atomic E-state index is 6.18. The maximum absolute atomic E-state index is 6.18. The number of rotatable bonds is 3. The van der Waals surface area contributed by atoms with Gasteiger partial charge in [-0.25, -0.2) is 4.98 Å². The topological polar surface area (TPSA) is 43.8 Å². The minimum atomic E-state index is 0.0211. The third-order valence-electron chi connectivity index (χ3n) is 2.79. The zero-order valence-corrected chi connectivity index (χ0v) is 9.72. The SMILES string of the molecule is Cc1cccc(C(N)Cn2ccnc2C)c1. The van der Waals surface area contributed by atoms with Crippen LogP contribution in [0.1, 0.15) is 23.0 Å². The van der Waals surface area contributed by atoms with Gasteiger partial charge in [0.25, 0.3) is 0 Å². The molecule has 1 unspecified atom stereocenters. The largest absolute Gasteiger partial charge is 0.333 e. The van der Waals surface area contributed by atoms with Crippen molar-refractivity contribution in [1.82, 2.24) is 9.55 Å². The van der Waals surface area contributed by atoms with Crippen LogP contribution < -0.4 is 5.73 Å². The van der Waals surface area contributed by atoms with Crippen LogP contribution in [0.25, 0.3) is 0 Å². The first-order valence-electron chi connectivity index (χ1n) is 5.46. The number of benzene rings is 1. The highest BCUT2D eigenvalue weighted by Gasteiger charge is 2.07. The third-order valence-corrected chi connectivity index (χ3v) is 2.79. The molecule has 2 rings (SSSR count). The first kappa shape index (κ1) is 10.9. The second-order valence-electron chi connectivity index (χ2n) is 4.15. The van der Waals surface area contributed by atoms with Crippen molar-refractivity contribution in [3.8, 4) is 0 Å². The highest BCUT2D eigenvalue weighted by Crippen LogP contribution is 2.14. The molecule has 0 aliphatic carbocycles. The van der Waals surface area contributed by atoms with Gasteiger partial charge in [0.1, 0.15) is 5.82 Å². The lowest BCUT2D eigenvalue weighted by atomic mass is 10.1. The predicted octanol–water partition coefficient (Wildman–Crippen LogP) is 2.20. The molecule has 0 radical (unpaired) electrons. The van der Waals surface area contributed by atoms with Crippen LogP contribution in [-0.2, 0) is 6.54 Å². The van der Waals surface area contributed by atoms with E-state index in [9.17, 15) is 0 Å². The van der Waals surface area contributed by atoms with E-state index in [0.717, 1.165) is 12.4 Å². The summed E-state index contributed by atoms with van der Waals surface area (Å²) < 4.78 is 2.08. The van der Waals surface area contributed by atoms with Gasteiger partial charge < -0.3 is 10.3 Å². The fourth-order valence-electron chi connectivity index (χ4n) is 1.81. The van der Waals surface area contributed by atoms with Gasteiger partial charge in [-0.3, -0.25) is 0 Å². The molecule has 3 heteroatoms. The summed E-state index contributed by atoms with van der Waals surface area (Å²) in [7, 11) is 0. The molecule has 0 aliphatic heterocycles. The first-order chi connectivity index (χ1) is 7.66. The van der Waals surface area contributed by atoms with E-state index in [-0.39, 0.29) is 6.04 Å². The average Bonchev–Trinajstić information content (AvgIpc) is 2.64. The number of imidazole rings is 1. The second-order valence-corrected chi connectivity index (χ2v) is 4.15. The molecule has 0 saturated carbocycles. The lowest BCUT2D eigenvalue weighted by Gasteiger charge is -2.14. The normalized spacial score (nSPS) is 12.7. The van der Waals surface area contributed by atoms with Crippen LogP contribution in [0.3, 0.4) is 0 Å². The van der Waals surface area contributed by atoms with Crippen LogP contribution in [0.4, 0.5) is 0 Å². The van der Waals surface area contributed by atoms with Crippen molar-refractivity contribution in [3.63, 3.8) is 0 Å². The highest BCUT2D eigenvalue weighted by molar-refractivity contribution is 5.24. The minimum Gasteiger partial charge on any atom is -0.333 e. The summed E-state index contributed by atoms with van der Waals surface area (Å²) in [5, 5.41) is 0. The predicted molar refractivity (Wildman–Crippen MR) is 65.1 cm³/mol.